The first-order chi connectivity index (χ1) is 16.0. The maximum atomic E-state index is 11.4. The van der Waals surface area contributed by atoms with Gasteiger partial charge in [0.2, 0.25) is 5.75 Å². The van der Waals surface area contributed by atoms with E-state index in [1.807, 2.05) is 30.3 Å². The van der Waals surface area contributed by atoms with E-state index in [4.69, 9.17) is 19.2 Å². The average molecular weight is 447 g/mol. The van der Waals surface area contributed by atoms with Crippen LogP contribution in [0, 0.1) is 10.1 Å². The van der Waals surface area contributed by atoms with Gasteiger partial charge in [-0.05, 0) is 18.2 Å². The van der Waals surface area contributed by atoms with Crippen LogP contribution in [0.3, 0.4) is 0 Å². The fraction of sp³-hybridized carbons (Fsp3) is 0.125. The van der Waals surface area contributed by atoms with Gasteiger partial charge >= 0.3 is 0 Å². The number of phenols is 1. The summed E-state index contributed by atoms with van der Waals surface area (Å²) in [4.78, 5) is 19.0. The Morgan fingerprint density at radius 2 is 1.52 bits per heavy atom. The Balaban J connectivity index is 1.99. The summed E-state index contributed by atoms with van der Waals surface area (Å²) in [6.07, 6.45) is 0. The molecule has 0 aliphatic carbocycles. The fourth-order valence-corrected chi connectivity index (χ4v) is 3.54. The van der Waals surface area contributed by atoms with E-state index in [2.05, 4.69) is 4.98 Å². The molecule has 1 aromatic heterocycles. The Labute approximate surface area is 189 Å². The molecule has 1 heterocycles. The Morgan fingerprint density at radius 3 is 2.09 bits per heavy atom. The summed E-state index contributed by atoms with van der Waals surface area (Å²) in [5, 5.41) is 21.7. The molecule has 168 valence electrons. The van der Waals surface area contributed by atoms with E-state index < -0.39 is 4.92 Å². The summed E-state index contributed by atoms with van der Waals surface area (Å²) >= 11 is 0. The second-order valence-corrected chi connectivity index (χ2v) is 7.05. The maximum absolute atomic E-state index is 11.4. The number of hydrogen-bond donors (Lipinski definition) is 2. The number of non-ortho nitro benzene ring substituents is 1. The summed E-state index contributed by atoms with van der Waals surface area (Å²) in [5.74, 6) is 1.22. The van der Waals surface area contributed by atoms with Crippen LogP contribution in [0.15, 0.2) is 60.7 Å². The van der Waals surface area contributed by atoms with E-state index in [1.165, 1.54) is 33.5 Å². The number of aromatic hydroxyl groups is 1. The molecular formula is C24H21N3O6. The number of H-pyrrole nitrogens is 1. The molecule has 0 spiro atoms. The van der Waals surface area contributed by atoms with Gasteiger partial charge in [-0.1, -0.05) is 30.3 Å². The van der Waals surface area contributed by atoms with Crippen LogP contribution in [0.2, 0.25) is 0 Å². The smallest absolute Gasteiger partial charge is 0.270 e. The number of benzene rings is 3. The van der Waals surface area contributed by atoms with Crippen LogP contribution in [0.4, 0.5) is 5.69 Å². The lowest BCUT2D eigenvalue weighted by Gasteiger charge is -2.10. The van der Waals surface area contributed by atoms with E-state index in [0.29, 0.717) is 34.1 Å². The molecular weight excluding hydrogens is 426 g/mol. The van der Waals surface area contributed by atoms with Crippen molar-refractivity contribution in [3.05, 3.63) is 70.8 Å². The minimum absolute atomic E-state index is 0.0751. The van der Waals surface area contributed by atoms with Crippen molar-refractivity contribution in [3.8, 4) is 56.9 Å². The highest BCUT2D eigenvalue weighted by Crippen LogP contribution is 2.43. The Morgan fingerprint density at radius 1 is 0.879 bits per heavy atom. The SMILES string of the molecule is COc1ccc([N+](=O)[O-])cc1-c1[nH]c(-c2cc(OC)c(O)c(OC)c2)nc1-c1ccccc1. The number of nitro groups is 1. The molecule has 9 nitrogen and oxygen atoms in total. The molecule has 3 aromatic carbocycles. The van der Waals surface area contributed by atoms with Crippen molar-refractivity contribution >= 4 is 5.69 Å². The zero-order valence-electron chi connectivity index (χ0n) is 18.2. The molecule has 4 rings (SSSR count). The van der Waals surface area contributed by atoms with Crippen LogP contribution in [0.25, 0.3) is 33.9 Å². The van der Waals surface area contributed by atoms with Gasteiger partial charge in [-0.2, -0.15) is 0 Å². The van der Waals surface area contributed by atoms with Gasteiger partial charge in [0.05, 0.1) is 37.6 Å². The second kappa shape index (κ2) is 8.91. The third-order valence-corrected chi connectivity index (χ3v) is 5.17. The minimum Gasteiger partial charge on any atom is -0.502 e. The molecule has 0 bridgehead atoms. The lowest BCUT2D eigenvalue weighted by Crippen LogP contribution is -1.94. The number of phenolic OH excluding ortho intramolecular Hbond substituents is 1. The molecule has 9 heteroatoms. The van der Waals surface area contributed by atoms with Gasteiger partial charge in [-0.3, -0.25) is 10.1 Å². The van der Waals surface area contributed by atoms with Crippen molar-refractivity contribution in [2.24, 2.45) is 0 Å². The van der Waals surface area contributed by atoms with Gasteiger partial charge in [0.25, 0.3) is 5.69 Å². The summed E-state index contributed by atoms with van der Waals surface area (Å²) < 4.78 is 16.0. The lowest BCUT2D eigenvalue weighted by molar-refractivity contribution is -0.384. The third kappa shape index (κ3) is 4.03. The van der Waals surface area contributed by atoms with Gasteiger partial charge in [-0.25, -0.2) is 4.98 Å². The highest BCUT2D eigenvalue weighted by Gasteiger charge is 2.22. The third-order valence-electron chi connectivity index (χ3n) is 5.17. The topological polar surface area (TPSA) is 120 Å². The van der Waals surface area contributed by atoms with E-state index in [-0.39, 0.29) is 22.9 Å². The fourth-order valence-electron chi connectivity index (χ4n) is 3.54. The largest absolute Gasteiger partial charge is 0.502 e. The number of nitrogens with one attached hydrogen (secondary N) is 1. The van der Waals surface area contributed by atoms with E-state index in [1.54, 1.807) is 18.2 Å². The normalized spacial score (nSPS) is 10.6. The van der Waals surface area contributed by atoms with E-state index >= 15 is 0 Å². The zero-order chi connectivity index (χ0) is 23.5. The summed E-state index contributed by atoms with van der Waals surface area (Å²) in [5.41, 5.74) is 2.93. The molecule has 0 amide bonds. The molecule has 0 aliphatic rings. The first-order valence-electron chi connectivity index (χ1n) is 9.90. The van der Waals surface area contributed by atoms with Crippen LogP contribution < -0.4 is 14.2 Å². The minimum atomic E-state index is -0.460. The van der Waals surface area contributed by atoms with Gasteiger partial charge in [0.1, 0.15) is 11.6 Å². The van der Waals surface area contributed by atoms with Crippen LogP contribution in [-0.2, 0) is 0 Å². The molecule has 33 heavy (non-hydrogen) atoms. The van der Waals surface area contributed by atoms with Gasteiger partial charge < -0.3 is 24.3 Å². The molecule has 0 saturated carbocycles. The molecule has 0 aliphatic heterocycles. The molecule has 0 fully saturated rings. The number of ether oxygens (including phenoxy) is 3. The first-order valence-corrected chi connectivity index (χ1v) is 9.90. The second-order valence-electron chi connectivity index (χ2n) is 7.05. The number of nitro benzene ring substituents is 1. The zero-order valence-corrected chi connectivity index (χ0v) is 18.2. The lowest BCUT2D eigenvalue weighted by atomic mass is 10.0. The van der Waals surface area contributed by atoms with E-state index in [0.717, 1.165) is 5.56 Å². The number of imidazole rings is 1. The van der Waals surface area contributed by atoms with Crippen molar-refractivity contribution in [2.45, 2.75) is 0 Å². The van der Waals surface area contributed by atoms with Gasteiger partial charge in [0.15, 0.2) is 11.5 Å². The van der Waals surface area contributed by atoms with Crippen molar-refractivity contribution in [3.63, 3.8) is 0 Å². The highest BCUT2D eigenvalue weighted by molar-refractivity contribution is 5.85. The quantitative estimate of drug-likeness (QED) is 0.300. The van der Waals surface area contributed by atoms with Gasteiger partial charge in [-0.15, -0.1) is 0 Å². The summed E-state index contributed by atoms with van der Waals surface area (Å²) in [6, 6.07) is 17.1. The van der Waals surface area contributed by atoms with Crippen LogP contribution in [0.5, 0.6) is 23.0 Å². The predicted octanol–water partition coefficient (Wildman–Crippen LogP) is 5.05. The molecule has 0 radical (unpaired) electrons. The van der Waals surface area contributed by atoms with Crippen LogP contribution >= 0.6 is 0 Å². The Bertz CT molecular complexity index is 1290. The molecule has 0 unspecified atom stereocenters. The Hall–Kier alpha value is -4.53. The van der Waals surface area contributed by atoms with Crippen LogP contribution in [-0.4, -0.2) is 41.3 Å². The van der Waals surface area contributed by atoms with Crippen molar-refractivity contribution in [2.75, 3.05) is 21.3 Å². The number of rotatable bonds is 7. The molecule has 2 N–H and O–H groups in total. The average Bonchev–Trinajstić information content (AvgIpc) is 3.29. The number of methoxy groups -OCH3 is 3. The van der Waals surface area contributed by atoms with Crippen molar-refractivity contribution in [1.82, 2.24) is 9.97 Å². The molecule has 4 aromatic rings. The molecule has 0 atom stereocenters. The summed E-state index contributed by atoms with van der Waals surface area (Å²) in [7, 11) is 4.38. The van der Waals surface area contributed by atoms with Crippen molar-refractivity contribution < 1.29 is 24.2 Å². The van der Waals surface area contributed by atoms with Crippen LogP contribution in [0.1, 0.15) is 0 Å². The number of aromatic nitrogens is 2. The molecule has 0 saturated heterocycles. The van der Waals surface area contributed by atoms with E-state index in [9.17, 15) is 15.2 Å². The van der Waals surface area contributed by atoms with Gasteiger partial charge in [0, 0.05) is 28.8 Å². The number of hydrogen-bond acceptors (Lipinski definition) is 7. The monoisotopic (exact) mass is 447 g/mol. The summed E-state index contributed by atoms with van der Waals surface area (Å²) in [6.45, 7) is 0. The highest BCUT2D eigenvalue weighted by atomic mass is 16.6. The standard InChI is InChI=1S/C24H21N3O6/c1-31-18-10-9-16(27(29)30)13-17(18)22-21(14-7-5-4-6-8-14)25-24(26-22)15-11-19(32-2)23(28)20(12-15)33-3/h4-13,28H,1-3H3,(H,25,26). The first kappa shape index (κ1) is 21.7. The number of nitrogens with zero attached hydrogens (tertiary/aromatic N) is 2. The maximum Gasteiger partial charge on any atom is 0.270 e. The predicted molar refractivity (Wildman–Crippen MR) is 123 cm³/mol. The Kier molecular flexibility index (Phi) is 5.86. The number of aromatic amines is 1. The van der Waals surface area contributed by atoms with Crippen molar-refractivity contribution in [1.29, 1.82) is 0 Å².